The van der Waals surface area contributed by atoms with Gasteiger partial charge < -0.3 is 9.84 Å². The molecule has 28 heavy (non-hydrogen) atoms. The van der Waals surface area contributed by atoms with E-state index in [4.69, 9.17) is 4.74 Å². The van der Waals surface area contributed by atoms with Crippen molar-refractivity contribution in [1.29, 1.82) is 0 Å². The molecule has 2 rings (SSSR count). The number of pyridine rings is 1. The molecule has 1 aromatic heterocycles. The first-order valence-corrected chi connectivity index (χ1v) is 12.3. The Morgan fingerprint density at radius 2 is 1.82 bits per heavy atom. The predicted octanol–water partition coefficient (Wildman–Crippen LogP) is 4.54. The van der Waals surface area contributed by atoms with Gasteiger partial charge in [-0.15, -0.1) is 0 Å². The molecule has 1 heterocycles. The van der Waals surface area contributed by atoms with Crippen molar-refractivity contribution >= 4 is 14.0 Å². The van der Waals surface area contributed by atoms with Crippen LogP contribution in [-0.2, 0) is 17.6 Å². The van der Waals surface area contributed by atoms with E-state index in [9.17, 15) is 27.9 Å². The second-order valence-corrected chi connectivity index (χ2v) is 13.2. The lowest BCUT2D eigenvalue weighted by Gasteiger charge is -2.17. The molecule has 1 aromatic carbocycles. The number of aromatic nitrogens is 1. The van der Waals surface area contributed by atoms with Gasteiger partial charge in [0.25, 0.3) is 5.56 Å². The Morgan fingerprint density at radius 1 is 1.18 bits per heavy atom. The van der Waals surface area contributed by atoms with Crippen LogP contribution in [0.5, 0.6) is 0 Å². The maximum atomic E-state index is 13.3. The van der Waals surface area contributed by atoms with E-state index in [2.05, 4.69) is 19.6 Å². The van der Waals surface area contributed by atoms with Crippen LogP contribution in [0.3, 0.4) is 0 Å². The highest BCUT2D eigenvalue weighted by Crippen LogP contribution is 2.36. The molecule has 0 aliphatic rings. The molecule has 0 radical (unpaired) electrons. The SMILES string of the molecule is C[Si](C)(C)CCOCn1cc(C(=O)O)cc(-c2ccccc2C(F)(F)F)c1=O. The van der Waals surface area contributed by atoms with E-state index in [1.807, 2.05) is 0 Å². The number of hydrogen-bond acceptors (Lipinski definition) is 3. The van der Waals surface area contributed by atoms with Gasteiger partial charge in [-0.3, -0.25) is 9.36 Å². The molecule has 0 saturated carbocycles. The summed E-state index contributed by atoms with van der Waals surface area (Å²) in [6, 6.07) is 6.40. The van der Waals surface area contributed by atoms with Gasteiger partial charge in [-0.25, -0.2) is 4.79 Å². The van der Waals surface area contributed by atoms with Crippen molar-refractivity contribution in [3.05, 3.63) is 58.0 Å². The van der Waals surface area contributed by atoms with Crippen molar-refractivity contribution in [2.75, 3.05) is 6.61 Å². The van der Waals surface area contributed by atoms with Crippen LogP contribution < -0.4 is 5.56 Å². The summed E-state index contributed by atoms with van der Waals surface area (Å²) in [5, 5.41) is 9.31. The van der Waals surface area contributed by atoms with Crippen LogP contribution in [0, 0.1) is 0 Å². The first kappa shape index (κ1) is 21.9. The molecule has 0 bridgehead atoms. The fourth-order valence-corrected chi connectivity index (χ4v) is 3.30. The number of hydrogen-bond donors (Lipinski definition) is 1. The van der Waals surface area contributed by atoms with Crippen LogP contribution in [0.4, 0.5) is 13.2 Å². The van der Waals surface area contributed by atoms with Crippen LogP contribution in [0.1, 0.15) is 15.9 Å². The third-order valence-corrected chi connectivity index (χ3v) is 5.79. The van der Waals surface area contributed by atoms with Gasteiger partial charge in [0.15, 0.2) is 0 Å². The minimum atomic E-state index is -4.68. The maximum absolute atomic E-state index is 13.3. The number of alkyl halides is 3. The number of halogens is 3. The van der Waals surface area contributed by atoms with Gasteiger partial charge >= 0.3 is 12.1 Å². The van der Waals surface area contributed by atoms with Crippen molar-refractivity contribution in [3.8, 4) is 11.1 Å². The summed E-state index contributed by atoms with van der Waals surface area (Å²) in [6.07, 6.45) is -3.60. The lowest BCUT2D eigenvalue weighted by molar-refractivity contribution is -0.137. The predicted molar refractivity (Wildman–Crippen MR) is 102 cm³/mol. The van der Waals surface area contributed by atoms with E-state index >= 15 is 0 Å². The topological polar surface area (TPSA) is 68.5 Å². The van der Waals surface area contributed by atoms with Crippen molar-refractivity contribution < 1.29 is 27.8 Å². The molecule has 0 amide bonds. The zero-order valence-corrected chi connectivity index (χ0v) is 16.8. The first-order valence-electron chi connectivity index (χ1n) is 8.62. The van der Waals surface area contributed by atoms with Crippen molar-refractivity contribution in [1.82, 2.24) is 4.57 Å². The quantitative estimate of drug-likeness (QED) is 0.534. The molecule has 0 aliphatic heterocycles. The Kier molecular flexibility index (Phi) is 6.51. The summed E-state index contributed by atoms with van der Waals surface area (Å²) in [7, 11) is -1.36. The lowest BCUT2D eigenvalue weighted by Crippen LogP contribution is -2.26. The van der Waals surface area contributed by atoms with E-state index < -0.39 is 31.3 Å². The van der Waals surface area contributed by atoms with Gasteiger partial charge in [0.1, 0.15) is 6.73 Å². The minimum absolute atomic E-state index is 0.231. The molecular formula is C19H22F3NO4Si. The number of ether oxygens (including phenoxy) is 1. The van der Waals surface area contributed by atoms with Crippen LogP contribution >= 0.6 is 0 Å². The molecule has 0 atom stereocenters. The Hall–Kier alpha value is -2.39. The largest absolute Gasteiger partial charge is 0.478 e. The number of benzene rings is 1. The van der Waals surface area contributed by atoms with Crippen LogP contribution in [-0.4, -0.2) is 30.3 Å². The molecule has 2 aromatic rings. The number of carboxylic acids is 1. The summed E-state index contributed by atoms with van der Waals surface area (Å²) >= 11 is 0. The Balaban J connectivity index is 2.48. The summed E-state index contributed by atoms with van der Waals surface area (Å²) in [5.41, 5.74) is -2.73. The standard InChI is InChI=1S/C19H22F3NO4Si/c1-28(2,3)9-8-27-12-23-11-13(18(25)26)10-15(17(23)24)14-6-4-5-7-16(14)19(20,21)22/h4-7,10-11H,8-9,12H2,1-3H3,(H,25,26). The maximum Gasteiger partial charge on any atom is 0.417 e. The number of carbonyl (C=O) groups is 1. The molecule has 0 unspecified atom stereocenters. The van der Waals surface area contributed by atoms with E-state index in [1.54, 1.807) is 0 Å². The van der Waals surface area contributed by atoms with E-state index in [0.29, 0.717) is 6.61 Å². The highest BCUT2D eigenvalue weighted by molar-refractivity contribution is 6.76. The van der Waals surface area contributed by atoms with Gasteiger partial charge in [-0.05, 0) is 23.7 Å². The first-order chi connectivity index (χ1) is 12.9. The highest BCUT2D eigenvalue weighted by atomic mass is 28.3. The monoisotopic (exact) mass is 413 g/mol. The van der Waals surface area contributed by atoms with Crippen molar-refractivity contribution in [2.24, 2.45) is 0 Å². The fourth-order valence-electron chi connectivity index (χ4n) is 2.55. The fraction of sp³-hybridized carbons (Fsp3) is 0.368. The molecule has 9 heteroatoms. The summed E-state index contributed by atoms with van der Waals surface area (Å²) in [5.74, 6) is -1.35. The van der Waals surface area contributed by atoms with Crippen LogP contribution in [0.25, 0.3) is 11.1 Å². The van der Waals surface area contributed by atoms with E-state index in [0.717, 1.165) is 35.0 Å². The summed E-state index contributed by atoms with van der Waals surface area (Å²) < 4.78 is 46.5. The number of aromatic carboxylic acids is 1. The van der Waals surface area contributed by atoms with Gasteiger partial charge in [0, 0.05) is 26.4 Å². The van der Waals surface area contributed by atoms with Crippen molar-refractivity contribution in [2.45, 2.75) is 38.6 Å². The average Bonchev–Trinajstić information content (AvgIpc) is 2.58. The van der Waals surface area contributed by atoms with Gasteiger partial charge in [-0.1, -0.05) is 37.8 Å². The van der Waals surface area contributed by atoms with E-state index in [-0.39, 0.29) is 23.4 Å². The zero-order valence-electron chi connectivity index (χ0n) is 15.8. The number of nitrogens with zero attached hydrogens (tertiary/aromatic N) is 1. The zero-order chi connectivity index (χ0) is 21.1. The highest BCUT2D eigenvalue weighted by Gasteiger charge is 2.34. The second kappa shape index (κ2) is 8.32. The number of rotatable bonds is 7. The van der Waals surface area contributed by atoms with Gasteiger partial charge in [0.05, 0.1) is 11.1 Å². The second-order valence-electron chi connectivity index (χ2n) is 7.61. The third-order valence-electron chi connectivity index (χ3n) is 4.08. The Morgan fingerprint density at radius 3 is 2.39 bits per heavy atom. The summed E-state index contributed by atoms with van der Waals surface area (Å²) in [4.78, 5) is 24.2. The smallest absolute Gasteiger partial charge is 0.417 e. The average molecular weight is 413 g/mol. The third kappa shape index (κ3) is 5.55. The van der Waals surface area contributed by atoms with Gasteiger partial charge in [-0.2, -0.15) is 13.2 Å². The molecule has 0 saturated heterocycles. The van der Waals surface area contributed by atoms with E-state index in [1.165, 1.54) is 12.1 Å². The van der Waals surface area contributed by atoms with Crippen molar-refractivity contribution in [3.63, 3.8) is 0 Å². The Labute approximate surface area is 161 Å². The molecule has 0 fully saturated rings. The van der Waals surface area contributed by atoms with Crippen LogP contribution in [0.15, 0.2) is 41.3 Å². The van der Waals surface area contributed by atoms with Crippen LogP contribution in [0.2, 0.25) is 25.7 Å². The lowest BCUT2D eigenvalue weighted by atomic mass is 9.99. The normalized spacial score (nSPS) is 12.2. The molecule has 0 aliphatic carbocycles. The molecule has 5 nitrogen and oxygen atoms in total. The number of carboxylic acid groups (broad SMARTS) is 1. The minimum Gasteiger partial charge on any atom is -0.478 e. The summed E-state index contributed by atoms with van der Waals surface area (Å²) in [6.45, 7) is 6.61. The molecule has 152 valence electrons. The molecule has 0 spiro atoms. The molecular weight excluding hydrogens is 391 g/mol. The van der Waals surface area contributed by atoms with Gasteiger partial charge in [0.2, 0.25) is 0 Å². The Bertz CT molecular complexity index is 917. The molecule has 1 N–H and O–H groups in total.